The van der Waals surface area contributed by atoms with Crippen molar-refractivity contribution in [3.8, 4) is 0 Å². The van der Waals surface area contributed by atoms with Crippen molar-refractivity contribution in [1.82, 2.24) is 9.88 Å². The molecule has 1 atom stereocenters. The molecule has 1 aliphatic rings. The lowest BCUT2D eigenvalue weighted by Gasteiger charge is -2.24. The minimum atomic E-state index is -1.26. The highest BCUT2D eigenvalue weighted by molar-refractivity contribution is 5.95. The van der Waals surface area contributed by atoms with Gasteiger partial charge in [-0.1, -0.05) is 12.1 Å². The Bertz CT molecular complexity index is 758. The van der Waals surface area contributed by atoms with E-state index in [4.69, 9.17) is 0 Å². The van der Waals surface area contributed by atoms with E-state index in [9.17, 15) is 14.3 Å². The van der Waals surface area contributed by atoms with Gasteiger partial charge in [0.25, 0.3) is 5.91 Å². The fourth-order valence-corrected chi connectivity index (χ4v) is 3.16. The predicted octanol–water partition coefficient (Wildman–Crippen LogP) is 3.22. The summed E-state index contributed by atoms with van der Waals surface area (Å²) < 4.78 is 15.2. The number of carbonyl (C=O) groups is 1. The van der Waals surface area contributed by atoms with E-state index in [0.29, 0.717) is 17.2 Å². The van der Waals surface area contributed by atoms with E-state index in [1.54, 1.807) is 6.92 Å². The zero-order valence-electron chi connectivity index (χ0n) is 14.3. The van der Waals surface area contributed by atoms with E-state index >= 15 is 0 Å². The molecule has 0 saturated heterocycles. The van der Waals surface area contributed by atoms with Gasteiger partial charge in [-0.3, -0.25) is 4.79 Å². The highest BCUT2D eigenvalue weighted by atomic mass is 19.1. The Morgan fingerprint density at radius 2 is 1.96 bits per heavy atom. The van der Waals surface area contributed by atoms with Gasteiger partial charge in [-0.15, -0.1) is 0 Å². The second-order valence-corrected chi connectivity index (χ2v) is 6.85. The smallest absolute Gasteiger partial charge is 0.253 e. The van der Waals surface area contributed by atoms with Crippen molar-refractivity contribution in [1.29, 1.82) is 0 Å². The average Bonchev–Trinajstić information content (AvgIpc) is 3.31. The number of benzene rings is 1. The van der Waals surface area contributed by atoms with Gasteiger partial charge >= 0.3 is 0 Å². The minimum Gasteiger partial charge on any atom is -0.384 e. The zero-order chi connectivity index (χ0) is 17.5. The number of nitrogens with zero attached hydrogens (tertiary/aromatic N) is 1. The normalized spacial score (nSPS) is 16.7. The predicted molar refractivity (Wildman–Crippen MR) is 90.5 cm³/mol. The largest absolute Gasteiger partial charge is 0.384 e. The van der Waals surface area contributed by atoms with Crippen LogP contribution >= 0.6 is 0 Å². The molecule has 1 aromatic heterocycles. The number of hydrogen-bond donors (Lipinski definition) is 2. The number of halogens is 1. The Labute approximate surface area is 141 Å². The molecule has 1 aliphatic carbocycles. The molecular formula is C19H23FN2O2. The van der Waals surface area contributed by atoms with Crippen molar-refractivity contribution in [3.63, 3.8) is 0 Å². The van der Waals surface area contributed by atoms with Gasteiger partial charge in [0.1, 0.15) is 11.4 Å². The van der Waals surface area contributed by atoms with E-state index in [1.165, 1.54) is 24.3 Å². The van der Waals surface area contributed by atoms with Crippen LogP contribution in [0.5, 0.6) is 0 Å². The second kappa shape index (κ2) is 6.06. The zero-order valence-corrected chi connectivity index (χ0v) is 14.3. The maximum Gasteiger partial charge on any atom is 0.253 e. The van der Waals surface area contributed by atoms with Gasteiger partial charge in [0.05, 0.1) is 12.1 Å². The monoisotopic (exact) mass is 330 g/mol. The average molecular weight is 330 g/mol. The molecule has 1 amide bonds. The number of nitrogens with one attached hydrogen (secondary N) is 1. The molecular weight excluding hydrogens is 307 g/mol. The fraction of sp³-hybridized carbons (Fsp3) is 0.421. The van der Waals surface area contributed by atoms with E-state index in [-0.39, 0.29) is 18.3 Å². The Kier molecular flexibility index (Phi) is 4.22. The summed E-state index contributed by atoms with van der Waals surface area (Å²) in [6.45, 7) is 5.63. The summed E-state index contributed by atoms with van der Waals surface area (Å²) in [5, 5.41) is 13.4. The van der Waals surface area contributed by atoms with Crippen LogP contribution in [0.2, 0.25) is 0 Å². The Hall–Kier alpha value is -2.14. The van der Waals surface area contributed by atoms with Crippen molar-refractivity contribution in [2.75, 3.05) is 6.54 Å². The molecule has 1 aromatic carbocycles. The highest BCUT2D eigenvalue weighted by Gasteiger charge is 2.29. The summed E-state index contributed by atoms with van der Waals surface area (Å²) >= 11 is 0. The van der Waals surface area contributed by atoms with Crippen LogP contribution in [0.1, 0.15) is 53.1 Å². The number of aliphatic hydroxyl groups is 1. The molecule has 128 valence electrons. The molecule has 2 N–H and O–H groups in total. The van der Waals surface area contributed by atoms with E-state index < -0.39 is 5.60 Å². The fourth-order valence-electron chi connectivity index (χ4n) is 3.16. The van der Waals surface area contributed by atoms with Crippen LogP contribution in [0.15, 0.2) is 30.3 Å². The summed E-state index contributed by atoms with van der Waals surface area (Å²) in [5.41, 5.74) is 2.01. The topological polar surface area (TPSA) is 54.3 Å². The van der Waals surface area contributed by atoms with Crippen LogP contribution in [-0.4, -0.2) is 22.1 Å². The van der Waals surface area contributed by atoms with Crippen LogP contribution in [0, 0.1) is 19.7 Å². The van der Waals surface area contributed by atoms with Crippen molar-refractivity contribution >= 4 is 5.91 Å². The molecule has 3 rings (SSSR count). The molecule has 0 spiro atoms. The van der Waals surface area contributed by atoms with Crippen molar-refractivity contribution in [2.45, 2.75) is 45.3 Å². The maximum atomic E-state index is 13.0. The molecule has 5 heteroatoms. The Balaban J connectivity index is 1.71. The lowest BCUT2D eigenvalue weighted by molar-refractivity contribution is 0.0525. The van der Waals surface area contributed by atoms with Crippen molar-refractivity contribution < 1.29 is 14.3 Å². The number of amides is 1. The van der Waals surface area contributed by atoms with Crippen LogP contribution < -0.4 is 5.32 Å². The van der Waals surface area contributed by atoms with Crippen molar-refractivity contribution in [2.24, 2.45) is 0 Å². The van der Waals surface area contributed by atoms with Crippen LogP contribution in [0.3, 0.4) is 0 Å². The lowest BCUT2D eigenvalue weighted by atomic mass is 9.96. The van der Waals surface area contributed by atoms with E-state index in [0.717, 1.165) is 24.2 Å². The highest BCUT2D eigenvalue weighted by Crippen LogP contribution is 2.38. The van der Waals surface area contributed by atoms with Crippen molar-refractivity contribution in [3.05, 3.63) is 58.7 Å². The summed E-state index contributed by atoms with van der Waals surface area (Å²) in [5.74, 6) is -0.552. The third-order valence-corrected chi connectivity index (χ3v) is 4.70. The molecule has 4 nitrogen and oxygen atoms in total. The van der Waals surface area contributed by atoms with Gasteiger partial charge in [0.2, 0.25) is 0 Å². The molecule has 24 heavy (non-hydrogen) atoms. The van der Waals surface area contributed by atoms with Crippen LogP contribution in [0.4, 0.5) is 4.39 Å². The second-order valence-electron chi connectivity index (χ2n) is 6.85. The Morgan fingerprint density at radius 3 is 2.54 bits per heavy atom. The van der Waals surface area contributed by atoms with E-state index in [1.807, 2.05) is 19.9 Å². The minimum absolute atomic E-state index is 0.0601. The molecule has 0 radical (unpaired) electrons. The van der Waals surface area contributed by atoms with Gasteiger partial charge in [0, 0.05) is 17.4 Å². The molecule has 2 aromatic rings. The quantitative estimate of drug-likeness (QED) is 0.884. The first-order valence-electron chi connectivity index (χ1n) is 8.24. The molecule has 1 saturated carbocycles. The van der Waals surface area contributed by atoms with Crippen LogP contribution in [0.25, 0.3) is 0 Å². The van der Waals surface area contributed by atoms with Gasteiger partial charge in [0.15, 0.2) is 0 Å². The summed E-state index contributed by atoms with van der Waals surface area (Å²) in [6.07, 6.45) is 2.33. The van der Waals surface area contributed by atoms with Gasteiger partial charge in [-0.25, -0.2) is 4.39 Å². The first kappa shape index (κ1) is 16.7. The number of aryl methyl sites for hydroxylation is 1. The standard InChI is InChI=1S/C19H23FN2O2/c1-12-10-17(13(2)22(12)16-8-9-16)18(23)21-11-19(3,24)14-4-6-15(20)7-5-14/h4-7,10,16,24H,8-9,11H2,1-3H3,(H,21,23). The third-order valence-electron chi connectivity index (χ3n) is 4.70. The number of carbonyl (C=O) groups excluding carboxylic acids is 1. The lowest BCUT2D eigenvalue weighted by Crippen LogP contribution is -2.38. The number of rotatable bonds is 5. The van der Waals surface area contributed by atoms with Crippen LogP contribution in [-0.2, 0) is 5.60 Å². The molecule has 1 heterocycles. The summed E-state index contributed by atoms with van der Waals surface area (Å²) in [7, 11) is 0. The molecule has 1 unspecified atom stereocenters. The van der Waals surface area contributed by atoms with E-state index in [2.05, 4.69) is 9.88 Å². The Morgan fingerprint density at radius 1 is 1.33 bits per heavy atom. The van der Waals surface area contributed by atoms with Gasteiger partial charge in [-0.2, -0.15) is 0 Å². The maximum absolute atomic E-state index is 13.0. The number of aromatic nitrogens is 1. The molecule has 0 bridgehead atoms. The van der Waals surface area contributed by atoms with Gasteiger partial charge < -0.3 is 15.0 Å². The molecule has 0 aliphatic heterocycles. The molecule has 1 fully saturated rings. The van der Waals surface area contributed by atoms with Gasteiger partial charge in [-0.05, 0) is 57.4 Å². The summed E-state index contributed by atoms with van der Waals surface area (Å²) in [6, 6.07) is 8.08. The first-order valence-corrected chi connectivity index (χ1v) is 8.24. The SMILES string of the molecule is Cc1cc(C(=O)NCC(C)(O)c2ccc(F)cc2)c(C)n1C1CC1. The first-order chi connectivity index (χ1) is 11.3. The number of hydrogen-bond acceptors (Lipinski definition) is 2. The summed E-state index contributed by atoms with van der Waals surface area (Å²) in [4.78, 5) is 12.5. The third kappa shape index (κ3) is 3.22.